The van der Waals surface area contributed by atoms with Crippen LogP contribution in [0.4, 0.5) is 16.2 Å². The molecule has 54 heavy (non-hydrogen) atoms. The number of aromatic nitrogens is 2. The van der Waals surface area contributed by atoms with Crippen LogP contribution < -0.4 is 30.0 Å². The van der Waals surface area contributed by atoms with E-state index in [0.29, 0.717) is 63.2 Å². The molecule has 0 aliphatic carbocycles. The highest BCUT2D eigenvalue weighted by atomic mass is 16.7. The van der Waals surface area contributed by atoms with Crippen molar-refractivity contribution in [3.05, 3.63) is 70.6 Å². The summed E-state index contributed by atoms with van der Waals surface area (Å²) < 4.78 is 18.7. The van der Waals surface area contributed by atoms with Crippen LogP contribution in [0.2, 0.25) is 0 Å². The van der Waals surface area contributed by atoms with Gasteiger partial charge in [-0.25, -0.2) is 4.79 Å². The molecule has 1 atom stereocenters. The lowest BCUT2D eigenvalue weighted by molar-refractivity contribution is -0.139. The van der Waals surface area contributed by atoms with E-state index in [-0.39, 0.29) is 78.5 Å². The lowest BCUT2D eigenvalue weighted by Gasteiger charge is -2.22. The predicted octanol–water partition coefficient (Wildman–Crippen LogP) is 4.23. The van der Waals surface area contributed by atoms with Crippen molar-refractivity contribution in [2.45, 2.75) is 39.3 Å². The first-order chi connectivity index (χ1) is 25.9. The number of imide groups is 1. The summed E-state index contributed by atoms with van der Waals surface area (Å²) in [5.74, 6) is -0.0675. The van der Waals surface area contributed by atoms with E-state index in [2.05, 4.69) is 10.3 Å². The number of hydrogen-bond donors (Lipinski definition) is 2. The van der Waals surface area contributed by atoms with Gasteiger partial charge < -0.3 is 34.1 Å². The molecular formula is C39H40N6O9. The fraction of sp³-hybridized carbons (Fsp3) is 0.333. The third-order valence-electron chi connectivity index (χ3n) is 9.78. The van der Waals surface area contributed by atoms with E-state index in [1.165, 1.54) is 22.9 Å². The molecule has 1 unspecified atom stereocenters. The maximum Gasteiger partial charge on any atom is 0.419 e. The number of nitrogens with one attached hydrogen (secondary N) is 1. The molecule has 15 nitrogen and oxygen atoms in total. The number of likely N-dealkylation sites (N-methyl/N-ethyl adjacent to an activating group) is 1. The molecule has 7 rings (SSSR count). The Labute approximate surface area is 309 Å². The Morgan fingerprint density at radius 2 is 1.74 bits per heavy atom. The van der Waals surface area contributed by atoms with Crippen LogP contribution in [-0.2, 0) is 27.5 Å². The number of amides is 4. The molecule has 280 valence electrons. The Balaban J connectivity index is 1.17. The maximum absolute atomic E-state index is 14.3. The minimum Gasteiger partial charge on any atom is -0.454 e. The average molecular weight is 737 g/mol. The van der Waals surface area contributed by atoms with Gasteiger partial charge in [-0.2, -0.15) is 0 Å². The number of benzene rings is 3. The van der Waals surface area contributed by atoms with E-state index in [4.69, 9.17) is 14.2 Å². The van der Waals surface area contributed by atoms with Crippen LogP contribution in [0.3, 0.4) is 0 Å². The van der Waals surface area contributed by atoms with Crippen molar-refractivity contribution in [2.75, 3.05) is 51.2 Å². The molecule has 0 spiro atoms. The molecule has 0 radical (unpaired) electrons. The molecule has 0 bridgehead atoms. The summed E-state index contributed by atoms with van der Waals surface area (Å²) in [6.07, 6.45) is 1.36. The van der Waals surface area contributed by atoms with Crippen molar-refractivity contribution >= 4 is 67.8 Å². The van der Waals surface area contributed by atoms with E-state index >= 15 is 0 Å². The van der Waals surface area contributed by atoms with Gasteiger partial charge in [-0.05, 0) is 56.2 Å². The standard InChI is InChI=1S/C39H40N6O9/c1-22-14-35(48)44(37(22)49)11-7-10-34(47)41-28-8-5-6-9-30(28)43(4)39(51)54-31-16-25-24(15-23(31)20-46)27-19-40-29-18-33-32(52-21-53-33)17-26(29)36(27)45(38(25)50)13-12-42(2)3/h5-6,8-9,15-19,22,46H,7,10-14,20-21H2,1-4H3,(H,41,47). The Bertz CT molecular complexity index is 2410. The Morgan fingerprint density at radius 3 is 2.46 bits per heavy atom. The number of hydrogen-bond acceptors (Lipinski definition) is 11. The molecule has 5 aromatic rings. The van der Waals surface area contributed by atoms with E-state index < -0.39 is 12.7 Å². The number of pyridine rings is 2. The van der Waals surface area contributed by atoms with Crippen LogP contribution in [0, 0.1) is 5.92 Å². The predicted molar refractivity (Wildman–Crippen MR) is 201 cm³/mol. The second kappa shape index (κ2) is 14.8. The second-order valence-electron chi connectivity index (χ2n) is 13.8. The van der Waals surface area contributed by atoms with Crippen LogP contribution in [-0.4, -0.2) is 89.3 Å². The zero-order valence-corrected chi connectivity index (χ0v) is 30.4. The van der Waals surface area contributed by atoms with E-state index in [9.17, 15) is 29.1 Å². The molecule has 2 aliphatic rings. The maximum atomic E-state index is 14.3. The second-order valence-corrected chi connectivity index (χ2v) is 13.8. The summed E-state index contributed by atoms with van der Waals surface area (Å²) in [6.45, 7) is 2.36. The zero-order valence-electron chi connectivity index (χ0n) is 30.4. The highest BCUT2D eigenvalue weighted by molar-refractivity contribution is 6.15. The molecule has 0 saturated carbocycles. The Hall–Kier alpha value is -6.06. The van der Waals surface area contributed by atoms with Gasteiger partial charge in [0.15, 0.2) is 11.5 Å². The quantitative estimate of drug-likeness (QED) is 0.147. The third kappa shape index (κ3) is 6.78. The van der Waals surface area contributed by atoms with Crippen molar-refractivity contribution < 1.29 is 38.5 Å². The number of aliphatic hydroxyl groups excluding tert-OH is 1. The third-order valence-corrected chi connectivity index (χ3v) is 9.78. The minimum atomic E-state index is -0.830. The van der Waals surface area contributed by atoms with Gasteiger partial charge in [0.05, 0.1) is 34.4 Å². The number of carbonyl (C=O) groups is 4. The number of ether oxygens (including phenoxy) is 3. The fourth-order valence-corrected chi connectivity index (χ4v) is 6.89. The van der Waals surface area contributed by atoms with E-state index in [0.717, 1.165) is 0 Å². The van der Waals surface area contributed by atoms with Crippen molar-refractivity contribution in [1.29, 1.82) is 0 Å². The highest BCUT2D eigenvalue weighted by Crippen LogP contribution is 2.39. The number of rotatable bonds is 11. The first-order valence-electron chi connectivity index (χ1n) is 17.6. The zero-order chi connectivity index (χ0) is 38.3. The van der Waals surface area contributed by atoms with Crippen LogP contribution in [0.25, 0.3) is 32.6 Å². The Kier molecular flexibility index (Phi) is 9.92. The van der Waals surface area contributed by atoms with Crippen molar-refractivity contribution in [3.63, 3.8) is 0 Å². The minimum absolute atomic E-state index is 0.00332. The van der Waals surface area contributed by atoms with Gasteiger partial charge in [0.2, 0.25) is 24.5 Å². The van der Waals surface area contributed by atoms with Crippen molar-refractivity contribution in [3.8, 4) is 17.2 Å². The van der Waals surface area contributed by atoms with Gasteiger partial charge in [-0.3, -0.25) is 34.0 Å². The number of nitrogens with zero attached hydrogens (tertiary/aromatic N) is 5. The van der Waals surface area contributed by atoms with E-state index in [1.54, 1.807) is 54.1 Å². The topological polar surface area (TPSA) is 173 Å². The van der Waals surface area contributed by atoms with Gasteiger partial charge >= 0.3 is 6.09 Å². The summed E-state index contributed by atoms with van der Waals surface area (Å²) in [7, 11) is 5.31. The summed E-state index contributed by atoms with van der Waals surface area (Å²) in [5.41, 5.74) is 1.89. The monoisotopic (exact) mass is 736 g/mol. The molecule has 1 saturated heterocycles. The van der Waals surface area contributed by atoms with Crippen LogP contribution in [0.15, 0.2) is 59.5 Å². The molecule has 2 aliphatic heterocycles. The first kappa shape index (κ1) is 36.3. The largest absolute Gasteiger partial charge is 0.454 e. The Morgan fingerprint density at radius 1 is 0.981 bits per heavy atom. The lowest BCUT2D eigenvalue weighted by atomic mass is 10.0. The number of carbonyl (C=O) groups excluding carboxylic acids is 4. The molecule has 2 N–H and O–H groups in total. The number of likely N-dealkylation sites (tertiary alicyclic amines) is 1. The molecular weight excluding hydrogens is 696 g/mol. The van der Waals surface area contributed by atoms with Crippen molar-refractivity contribution in [2.24, 2.45) is 5.92 Å². The normalized spacial score (nSPS) is 15.2. The van der Waals surface area contributed by atoms with Gasteiger partial charge in [0.1, 0.15) is 5.75 Å². The summed E-state index contributed by atoms with van der Waals surface area (Å²) in [4.78, 5) is 74.3. The van der Waals surface area contributed by atoms with E-state index in [1.807, 2.05) is 25.1 Å². The lowest BCUT2D eigenvalue weighted by Crippen LogP contribution is -2.32. The van der Waals surface area contributed by atoms with Gasteiger partial charge in [0, 0.05) is 74.0 Å². The van der Waals surface area contributed by atoms with Gasteiger partial charge in [-0.15, -0.1) is 0 Å². The highest BCUT2D eigenvalue weighted by Gasteiger charge is 2.35. The summed E-state index contributed by atoms with van der Waals surface area (Å²) in [6, 6.07) is 13.4. The molecule has 15 heteroatoms. The fourth-order valence-electron chi connectivity index (χ4n) is 6.89. The van der Waals surface area contributed by atoms with Crippen LogP contribution >= 0.6 is 0 Å². The molecule has 1 fully saturated rings. The average Bonchev–Trinajstić information content (AvgIpc) is 3.71. The van der Waals surface area contributed by atoms with Crippen LogP contribution in [0.1, 0.15) is 31.7 Å². The molecule has 3 aromatic carbocycles. The smallest absolute Gasteiger partial charge is 0.419 e. The molecule has 2 aromatic heterocycles. The number of fused-ring (bicyclic) bond motifs is 6. The first-order valence-corrected chi connectivity index (χ1v) is 17.6. The number of anilines is 2. The summed E-state index contributed by atoms with van der Waals surface area (Å²) in [5, 5.41) is 15.4. The molecule has 4 amide bonds. The SMILES string of the molecule is CC1CC(=O)N(CCCC(=O)Nc2ccccc2N(C)C(=O)Oc2cc3c(=O)n(CCN(C)C)c4c5cc6c(cc5ncc4c3cc2CO)OCO6)C1=O. The number of para-hydroxylation sites is 2. The number of aliphatic hydroxyl groups is 1. The van der Waals surface area contributed by atoms with Gasteiger partial charge in [0.25, 0.3) is 5.56 Å². The summed E-state index contributed by atoms with van der Waals surface area (Å²) >= 11 is 0. The van der Waals surface area contributed by atoms with Gasteiger partial charge in [-0.1, -0.05) is 19.1 Å². The molecule has 4 heterocycles. The van der Waals surface area contributed by atoms with Crippen LogP contribution in [0.5, 0.6) is 17.2 Å². The van der Waals surface area contributed by atoms with Crippen molar-refractivity contribution in [1.82, 2.24) is 19.4 Å².